The van der Waals surface area contributed by atoms with Gasteiger partial charge in [0.1, 0.15) is 5.82 Å². The molecular formula is C12H17N3O. The number of aromatic nitrogens is 1. The van der Waals surface area contributed by atoms with E-state index in [4.69, 9.17) is 0 Å². The number of anilines is 1. The topological polar surface area (TPSA) is 36.4 Å². The summed E-state index contributed by atoms with van der Waals surface area (Å²) in [5.74, 6) is 1.11. The predicted octanol–water partition coefficient (Wildman–Crippen LogP) is 1.05. The van der Waals surface area contributed by atoms with Crippen LogP contribution < -0.4 is 4.90 Å². The zero-order valence-corrected chi connectivity index (χ0v) is 10.0. The van der Waals surface area contributed by atoms with Gasteiger partial charge in [-0.15, -0.1) is 0 Å². The van der Waals surface area contributed by atoms with Gasteiger partial charge in [-0.1, -0.05) is 0 Å². The van der Waals surface area contributed by atoms with E-state index < -0.39 is 0 Å². The predicted molar refractivity (Wildman–Crippen MR) is 63.4 cm³/mol. The third-order valence-electron chi connectivity index (χ3n) is 3.00. The molecule has 16 heavy (non-hydrogen) atoms. The second-order valence-electron chi connectivity index (χ2n) is 4.36. The molecule has 0 unspecified atom stereocenters. The number of rotatable bonds is 1. The fraction of sp³-hybridized carbons (Fsp3) is 0.500. The molecule has 0 bridgehead atoms. The van der Waals surface area contributed by atoms with Crippen molar-refractivity contribution < 1.29 is 4.79 Å². The quantitative estimate of drug-likeness (QED) is 0.708. The SMILES string of the molecule is CC(=O)N1CCc2ccnc(N(C)C)c2C1. The van der Waals surface area contributed by atoms with Crippen molar-refractivity contribution in [3.8, 4) is 0 Å². The maximum Gasteiger partial charge on any atom is 0.219 e. The second-order valence-corrected chi connectivity index (χ2v) is 4.36. The summed E-state index contributed by atoms with van der Waals surface area (Å²) in [6.07, 6.45) is 2.77. The molecule has 4 nitrogen and oxygen atoms in total. The highest BCUT2D eigenvalue weighted by Crippen LogP contribution is 2.25. The van der Waals surface area contributed by atoms with Gasteiger partial charge >= 0.3 is 0 Å². The fourth-order valence-electron chi connectivity index (χ4n) is 2.11. The highest BCUT2D eigenvalue weighted by atomic mass is 16.2. The molecule has 0 aromatic carbocycles. The maximum absolute atomic E-state index is 11.4. The number of amides is 1. The van der Waals surface area contributed by atoms with E-state index in [-0.39, 0.29) is 5.91 Å². The van der Waals surface area contributed by atoms with Crippen molar-refractivity contribution in [1.82, 2.24) is 9.88 Å². The average molecular weight is 219 g/mol. The maximum atomic E-state index is 11.4. The lowest BCUT2D eigenvalue weighted by Crippen LogP contribution is -2.35. The van der Waals surface area contributed by atoms with Gasteiger partial charge in [-0.05, 0) is 18.1 Å². The molecule has 0 saturated heterocycles. The Morgan fingerprint density at radius 2 is 2.25 bits per heavy atom. The van der Waals surface area contributed by atoms with Gasteiger partial charge in [0.25, 0.3) is 0 Å². The Balaban J connectivity index is 2.38. The molecule has 1 aliphatic heterocycles. The molecule has 4 heteroatoms. The summed E-state index contributed by atoms with van der Waals surface area (Å²) in [5.41, 5.74) is 2.50. The minimum atomic E-state index is 0.138. The molecule has 0 aliphatic carbocycles. The number of pyridine rings is 1. The smallest absolute Gasteiger partial charge is 0.219 e. The minimum absolute atomic E-state index is 0.138. The van der Waals surface area contributed by atoms with Crippen LogP contribution in [0.5, 0.6) is 0 Å². The van der Waals surface area contributed by atoms with E-state index in [2.05, 4.69) is 11.1 Å². The first-order valence-electron chi connectivity index (χ1n) is 5.49. The molecule has 0 saturated carbocycles. The first-order valence-corrected chi connectivity index (χ1v) is 5.49. The molecule has 2 heterocycles. The monoisotopic (exact) mass is 219 g/mol. The zero-order valence-electron chi connectivity index (χ0n) is 10.0. The molecule has 2 rings (SSSR count). The summed E-state index contributed by atoms with van der Waals surface area (Å²) in [5, 5.41) is 0. The van der Waals surface area contributed by atoms with E-state index in [0.717, 1.165) is 18.8 Å². The van der Waals surface area contributed by atoms with Gasteiger partial charge in [0.15, 0.2) is 0 Å². The Morgan fingerprint density at radius 3 is 2.88 bits per heavy atom. The van der Waals surface area contributed by atoms with Crippen molar-refractivity contribution >= 4 is 11.7 Å². The van der Waals surface area contributed by atoms with Crippen LogP contribution in [0, 0.1) is 0 Å². The van der Waals surface area contributed by atoms with Crippen LogP contribution in [0.3, 0.4) is 0 Å². The summed E-state index contributed by atoms with van der Waals surface area (Å²) in [4.78, 5) is 19.6. The van der Waals surface area contributed by atoms with Crippen molar-refractivity contribution in [2.45, 2.75) is 19.9 Å². The van der Waals surface area contributed by atoms with E-state index in [1.165, 1.54) is 11.1 Å². The molecule has 0 spiro atoms. The van der Waals surface area contributed by atoms with Crippen molar-refractivity contribution in [2.24, 2.45) is 0 Å². The van der Waals surface area contributed by atoms with Gasteiger partial charge < -0.3 is 9.80 Å². The second kappa shape index (κ2) is 4.12. The lowest BCUT2D eigenvalue weighted by molar-refractivity contribution is -0.129. The number of fused-ring (bicyclic) bond motifs is 1. The van der Waals surface area contributed by atoms with Crippen molar-refractivity contribution in [3.63, 3.8) is 0 Å². The molecule has 1 aromatic heterocycles. The molecule has 0 fully saturated rings. The number of carbonyl (C=O) groups is 1. The molecule has 0 atom stereocenters. The van der Waals surface area contributed by atoms with E-state index in [9.17, 15) is 4.79 Å². The summed E-state index contributed by atoms with van der Waals surface area (Å²) in [6, 6.07) is 2.06. The number of hydrogen-bond acceptors (Lipinski definition) is 3. The van der Waals surface area contributed by atoms with Gasteiger partial charge in [-0.3, -0.25) is 4.79 Å². The molecule has 0 radical (unpaired) electrons. The van der Waals surface area contributed by atoms with Crippen LogP contribution >= 0.6 is 0 Å². The first kappa shape index (κ1) is 10.9. The Bertz CT molecular complexity index is 415. The number of carbonyl (C=O) groups excluding carboxylic acids is 1. The van der Waals surface area contributed by atoms with Crippen molar-refractivity contribution in [2.75, 3.05) is 25.5 Å². The van der Waals surface area contributed by atoms with Crippen molar-refractivity contribution in [3.05, 3.63) is 23.4 Å². The van der Waals surface area contributed by atoms with Crippen LogP contribution in [0.15, 0.2) is 12.3 Å². The van der Waals surface area contributed by atoms with Crippen LogP contribution in [-0.2, 0) is 17.8 Å². The lowest BCUT2D eigenvalue weighted by Gasteiger charge is -2.30. The highest BCUT2D eigenvalue weighted by Gasteiger charge is 2.21. The molecule has 86 valence electrons. The largest absolute Gasteiger partial charge is 0.362 e. The van der Waals surface area contributed by atoms with Gasteiger partial charge in [0, 0.05) is 45.9 Å². The van der Waals surface area contributed by atoms with Crippen LogP contribution in [-0.4, -0.2) is 36.4 Å². The number of hydrogen-bond donors (Lipinski definition) is 0. The fourth-order valence-corrected chi connectivity index (χ4v) is 2.11. The van der Waals surface area contributed by atoms with E-state index >= 15 is 0 Å². The standard InChI is InChI=1S/C12H17N3O/c1-9(16)15-7-5-10-4-6-13-12(14(2)3)11(10)8-15/h4,6H,5,7-8H2,1-3H3. The van der Waals surface area contributed by atoms with E-state index in [1.54, 1.807) is 6.92 Å². The van der Waals surface area contributed by atoms with Crippen LogP contribution in [0.1, 0.15) is 18.1 Å². The van der Waals surface area contributed by atoms with Crippen LogP contribution in [0.4, 0.5) is 5.82 Å². The number of nitrogens with zero attached hydrogens (tertiary/aromatic N) is 3. The van der Waals surface area contributed by atoms with Gasteiger partial charge in [0.2, 0.25) is 5.91 Å². The van der Waals surface area contributed by atoms with E-state index in [1.807, 2.05) is 30.1 Å². The zero-order chi connectivity index (χ0) is 11.7. The molecule has 1 aliphatic rings. The third kappa shape index (κ3) is 1.87. The molecule has 0 N–H and O–H groups in total. The Labute approximate surface area is 95.9 Å². The molecule has 1 amide bonds. The summed E-state index contributed by atoms with van der Waals surface area (Å²) < 4.78 is 0. The van der Waals surface area contributed by atoms with Crippen LogP contribution in [0.25, 0.3) is 0 Å². The summed E-state index contributed by atoms with van der Waals surface area (Å²) >= 11 is 0. The normalized spacial score (nSPS) is 14.6. The van der Waals surface area contributed by atoms with Gasteiger partial charge in [0.05, 0.1) is 0 Å². The van der Waals surface area contributed by atoms with Crippen molar-refractivity contribution in [1.29, 1.82) is 0 Å². The van der Waals surface area contributed by atoms with Gasteiger partial charge in [-0.2, -0.15) is 0 Å². The minimum Gasteiger partial charge on any atom is -0.362 e. The molecule has 1 aromatic rings. The summed E-state index contributed by atoms with van der Waals surface area (Å²) in [7, 11) is 3.96. The van der Waals surface area contributed by atoms with Crippen LogP contribution in [0.2, 0.25) is 0 Å². The first-order chi connectivity index (χ1) is 7.59. The summed E-state index contributed by atoms with van der Waals surface area (Å²) in [6.45, 7) is 3.13. The Kier molecular flexibility index (Phi) is 2.81. The third-order valence-corrected chi connectivity index (χ3v) is 3.00. The Morgan fingerprint density at radius 1 is 1.50 bits per heavy atom. The highest BCUT2D eigenvalue weighted by molar-refractivity contribution is 5.74. The van der Waals surface area contributed by atoms with E-state index in [0.29, 0.717) is 6.54 Å². The average Bonchev–Trinajstić information content (AvgIpc) is 2.27. The van der Waals surface area contributed by atoms with Gasteiger partial charge in [-0.25, -0.2) is 4.98 Å². The Hall–Kier alpha value is -1.58. The molecular weight excluding hydrogens is 202 g/mol. The lowest BCUT2D eigenvalue weighted by atomic mass is 10.0.